The summed E-state index contributed by atoms with van der Waals surface area (Å²) in [6, 6.07) is 8.80. The number of nitrogens with zero attached hydrogens (tertiary/aromatic N) is 4. The molecule has 1 aromatic heterocycles. The maximum absolute atomic E-state index is 12.7. The molecule has 1 saturated heterocycles. The SMILES string of the molecule is Cc1nc([C@@H]2CN(C(=O)[C@@H](C)Oc3cccc(C#N)c3)CCO2)n[nH]1. The summed E-state index contributed by atoms with van der Waals surface area (Å²) < 4.78 is 11.4. The van der Waals surface area contributed by atoms with Crippen LogP contribution in [0.2, 0.25) is 0 Å². The molecule has 1 fully saturated rings. The van der Waals surface area contributed by atoms with E-state index in [0.717, 1.165) is 0 Å². The van der Waals surface area contributed by atoms with Crippen molar-refractivity contribution in [3.63, 3.8) is 0 Å². The van der Waals surface area contributed by atoms with Crippen molar-refractivity contribution in [2.45, 2.75) is 26.1 Å². The van der Waals surface area contributed by atoms with Gasteiger partial charge in [0, 0.05) is 6.54 Å². The van der Waals surface area contributed by atoms with Gasteiger partial charge in [-0.3, -0.25) is 9.89 Å². The van der Waals surface area contributed by atoms with E-state index in [9.17, 15) is 4.79 Å². The van der Waals surface area contributed by atoms with Crippen LogP contribution in [0.5, 0.6) is 5.75 Å². The average Bonchev–Trinajstić information content (AvgIpc) is 3.07. The summed E-state index contributed by atoms with van der Waals surface area (Å²) in [5.41, 5.74) is 0.489. The van der Waals surface area contributed by atoms with Gasteiger partial charge < -0.3 is 14.4 Å². The minimum absolute atomic E-state index is 0.136. The molecule has 0 bridgehead atoms. The normalized spacial score (nSPS) is 18.4. The molecule has 130 valence electrons. The first-order valence-corrected chi connectivity index (χ1v) is 8.03. The Kier molecular flexibility index (Phi) is 4.95. The summed E-state index contributed by atoms with van der Waals surface area (Å²) in [6.07, 6.45) is -1.02. The molecular formula is C17H19N5O3. The van der Waals surface area contributed by atoms with Crippen molar-refractivity contribution in [3.05, 3.63) is 41.5 Å². The number of aromatic nitrogens is 3. The van der Waals surface area contributed by atoms with Crippen LogP contribution in [0.3, 0.4) is 0 Å². The van der Waals surface area contributed by atoms with Gasteiger partial charge in [-0.25, -0.2) is 4.98 Å². The first kappa shape index (κ1) is 16.9. The molecule has 1 aromatic carbocycles. The average molecular weight is 341 g/mol. The molecule has 1 aliphatic heterocycles. The molecule has 25 heavy (non-hydrogen) atoms. The number of aromatic amines is 1. The highest BCUT2D eigenvalue weighted by atomic mass is 16.5. The van der Waals surface area contributed by atoms with Crippen molar-refractivity contribution in [1.82, 2.24) is 20.1 Å². The molecule has 8 nitrogen and oxygen atoms in total. The van der Waals surface area contributed by atoms with Crippen LogP contribution in [-0.4, -0.2) is 51.8 Å². The number of nitrogens with one attached hydrogen (secondary N) is 1. The van der Waals surface area contributed by atoms with Gasteiger partial charge in [0.05, 0.1) is 24.8 Å². The lowest BCUT2D eigenvalue weighted by atomic mass is 10.2. The Morgan fingerprint density at radius 2 is 2.40 bits per heavy atom. The van der Waals surface area contributed by atoms with Crippen LogP contribution in [0.1, 0.15) is 30.2 Å². The Balaban J connectivity index is 1.64. The number of H-pyrrole nitrogens is 1. The quantitative estimate of drug-likeness (QED) is 0.900. The van der Waals surface area contributed by atoms with Crippen molar-refractivity contribution in [3.8, 4) is 11.8 Å². The van der Waals surface area contributed by atoms with E-state index >= 15 is 0 Å². The predicted molar refractivity (Wildman–Crippen MR) is 87.6 cm³/mol. The smallest absolute Gasteiger partial charge is 0.263 e. The Morgan fingerprint density at radius 3 is 3.12 bits per heavy atom. The fraction of sp³-hybridized carbons (Fsp3) is 0.412. The van der Waals surface area contributed by atoms with Gasteiger partial charge in [-0.2, -0.15) is 10.4 Å². The maximum atomic E-state index is 12.7. The Bertz CT molecular complexity index is 798. The van der Waals surface area contributed by atoms with E-state index in [2.05, 4.69) is 21.3 Å². The van der Waals surface area contributed by atoms with Gasteiger partial charge in [-0.1, -0.05) is 6.07 Å². The van der Waals surface area contributed by atoms with Gasteiger partial charge in [-0.05, 0) is 32.0 Å². The lowest BCUT2D eigenvalue weighted by molar-refractivity contribution is -0.146. The predicted octanol–water partition coefficient (Wildman–Crippen LogP) is 1.35. The first-order valence-electron chi connectivity index (χ1n) is 8.03. The summed E-state index contributed by atoms with van der Waals surface area (Å²) in [6.45, 7) is 4.80. The summed E-state index contributed by atoms with van der Waals surface area (Å²) in [5, 5.41) is 15.8. The molecule has 3 rings (SSSR count). The van der Waals surface area contributed by atoms with Gasteiger partial charge in [0.2, 0.25) is 0 Å². The first-order chi connectivity index (χ1) is 12.1. The largest absolute Gasteiger partial charge is 0.481 e. The summed E-state index contributed by atoms with van der Waals surface area (Å²) in [7, 11) is 0. The fourth-order valence-corrected chi connectivity index (χ4v) is 2.66. The number of carbonyl (C=O) groups is 1. The Hall–Kier alpha value is -2.92. The molecule has 0 spiro atoms. The number of aryl methyl sites for hydroxylation is 1. The third-order valence-corrected chi connectivity index (χ3v) is 3.90. The molecule has 0 saturated carbocycles. The topological polar surface area (TPSA) is 104 Å². The highest BCUT2D eigenvalue weighted by molar-refractivity contribution is 5.81. The standard InChI is InChI=1S/C17H19N5O3/c1-11(25-14-5-3-4-13(8-14)9-18)17(23)22-6-7-24-15(10-22)16-19-12(2)20-21-16/h3-5,8,11,15H,6-7,10H2,1-2H3,(H,19,20,21)/t11-,15+/m1/s1. The molecule has 2 atom stereocenters. The van der Waals surface area contributed by atoms with Crippen molar-refractivity contribution in [1.29, 1.82) is 5.26 Å². The van der Waals surface area contributed by atoms with Crippen LogP contribution in [0.4, 0.5) is 0 Å². The number of hydrogen-bond acceptors (Lipinski definition) is 6. The second kappa shape index (κ2) is 7.32. The number of carbonyl (C=O) groups excluding carboxylic acids is 1. The van der Waals surface area contributed by atoms with Gasteiger partial charge in [0.25, 0.3) is 5.91 Å². The van der Waals surface area contributed by atoms with Gasteiger partial charge in [0.1, 0.15) is 17.7 Å². The number of rotatable bonds is 4. The third kappa shape index (κ3) is 3.95. The van der Waals surface area contributed by atoms with Gasteiger partial charge >= 0.3 is 0 Å². The molecule has 0 aliphatic carbocycles. The van der Waals surface area contributed by atoms with Crippen molar-refractivity contribution in [2.24, 2.45) is 0 Å². The molecule has 8 heteroatoms. The van der Waals surface area contributed by atoms with E-state index in [4.69, 9.17) is 14.7 Å². The number of nitriles is 1. The van der Waals surface area contributed by atoms with Crippen LogP contribution >= 0.6 is 0 Å². The van der Waals surface area contributed by atoms with Crippen LogP contribution in [0.15, 0.2) is 24.3 Å². The maximum Gasteiger partial charge on any atom is 0.263 e. The number of benzene rings is 1. The lowest BCUT2D eigenvalue weighted by Gasteiger charge is -2.33. The fourth-order valence-electron chi connectivity index (χ4n) is 2.66. The zero-order valence-electron chi connectivity index (χ0n) is 14.1. The van der Waals surface area contributed by atoms with E-state index in [1.165, 1.54) is 0 Å². The van der Waals surface area contributed by atoms with E-state index in [1.54, 1.807) is 36.1 Å². The summed E-state index contributed by atoms with van der Waals surface area (Å²) >= 11 is 0. The number of morpholine rings is 1. The lowest BCUT2D eigenvalue weighted by Crippen LogP contribution is -2.47. The van der Waals surface area contributed by atoms with Crippen molar-refractivity contribution in [2.75, 3.05) is 19.7 Å². The Labute approximate surface area is 145 Å². The molecule has 1 aliphatic rings. The van der Waals surface area contributed by atoms with Crippen LogP contribution < -0.4 is 4.74 Å². The number of amides is 1. The van der Waals surface area contributed by atoms with Crippen LogP contribution in [-0.2, 0) is 9.53 Å². The van der Waals surface area contributed by atoms with Crippen LogP contribution in [0.25, 0.3) is 0 Å². The highest BCUT2D eigenvalue weighted by Gasteiger charge is 2.30. The monoisotopic (exact) mass is 341 g/mol. The summed E-state index contributed by atoms with van der Waals surface area (Å²) in [5.74, 6) is 1.61. The summed E-state index contributed by atoms with van der Waals surface area (Å²) in [4.78, 5) is 18.6. The number of hydrogen-bond donors (Lipinski definition) is 1. The molecule has 1 N–H and O–H groups in total. The second-order valence-corrected chi connectivity index (χ2v) is 5.82. The molecule has 2 aromatic rings. The molecule has 0 radical (unpaired) electrons. The number of ether oxygens (including phenoxy) is 2. The van der Waals surface area contributed by atoms with Gasteiger partial charge in [0.15, 0.2) is 11.9 Å². The van der Waals surface area contributed by atoms with Crippen molar-refractivity contribution < 1.29 is 14.3 Å². The minimum atomic E-state index is -0.665. The minimum Gasteiger partial charge on any atom is -0.481 e. The molecule has 1 amide bonds. The van der Waals surface area contributed by atoms with E-state index < -0.39 is 6.10 Å². The molecule has 2 heterocycles. The molecule has 0 unspecified atom stereocenters. The van der Waals surface area contributed by atoms with Crippen LogP contribution in [0, 0.1) is 18.3 Å². The molecular weight excluding hydrogens is 322 g/mol. The van der Waals surface area contributed by atoms with E-state index in [0.29, 0.717) is 42.7 Å². The highest BCUT2D eigenvalue weighted by Crippen LogP contribution is 2.21. The van der Waals surface area contributed by atoms with E-state index in [-0.39, 0.29) is 12.0 Å². The Morgan fingerprint density at radius 1 is 1.56 bits per heavy atom. The zero-order valence-corrected chi connectivity index (χ0v) is 14.1. The van der Waals surface area contributed by atoms with E-state index in [1.807, 2.05) is 6.92 Å². The second-order valence-electron chi connectivity index (χ2n) is 5.82. The third-order valence-electron chi connectivity index (χ3n) is 3.90. The van der Waals surface area contributed by atoms with Crippen molar-refractivity contribution >= 4 is 5.91 Å². The zero-order chi connectivity index (χ0) is 17.8. The van der Waals surface area contributed by atoms with Gasteiger partial charge in [-0.15, -0.1) is 0 Å².